The maximum absolute atomic E-state index is 5.39. The zero-order chi connectivity index (χ0) is 17.6. The van der Waals surface area contributed by atoms with Crippen LogP contribution >= 0.6 is 24.0 Å². The van der Waals surface area contributed by atoms with Crippen molar-refractivity contribution in [3.05, 3.63) is 47.9 Å². The van der Waals surface area contributed by atoms with Crippen molar-refractivity contribution in [1.29, 1.82) is 0 Å². The molecule has 0 spiro atoms. The van der Waals surface area contributed by atoms with E-state index in [0.29, 0.717) is 12.5 Å². The van der Waals surface area contributed by atoms with Crippen molar-refractivity contribution in [2.24, 2.45) is 4.99 Å². The number of rotatable bonds is 4. The molecule has 1 aromatic heterocycles. The summed E-state index contributed by atoms with van der Waals surface area (Å²) in [5.41, 5.74) is 2.27. The molecule has 7 heteroatoms. The number of piperazine rings is 1. The molecule has 0 amide bonds. The Morgan fingerprint density at radius 1 is 1.19 bits per heavy atom. The van der Waals surface area contributed by atoms with Gasteiger partial charge in [-0.1, -0.05) is 37.2 Å². The van der Waals surface area contributed by atoms with Gasteiger partial charge in [0.2, 0.25) is 0 Å². The number of benzene rings is 1. The summed E-state index contributed by atoms with van der Waals surface area (Å²) in [5.74, 6) is 2.13. The smallest absolute Gasteiger partial charge is 0.194 e. The van der Waals surface area contributed by atoms with E-state index in [1.807, 2.05) is 13.1 Å². The largest absolute Gasteiger partial charge is 0.368 e. The van der Waals surface area contributed by atoms with Gasteiger partial charge in [0.15, 0.2) is 11.7 Å². The molecule has 3 rings (SSSR count). The number of nitrogens with zero attached hydrogens (tertiary/aromatic N) is 4. The van der Waals surface area contributed by atoms with Crippen molar-refractivity contribution in [3.8, 4) is 0 Å². The summed E-state index contributed by atoms with van der Waals surface area (Å²) >= 11 is 0. The normalized spacial score (nSPS) is 15.2. The first-order valence-corrected chi connectivity index (χ1v) is 8.88. The highest BCUT2D eigenvalue weighted by molar-refractivity contribution is 14.0. The van der Waals surface area contributed by atoms with Crippen LogP contribution < -0.4 is 10.2 Å². The van der Waals surface area contributed by atoms with Crippen LogP contribution in [0.1, 0.15) is 31.2 Å². The van der Waals surface area contributed by atoms with Crippen LogP contribution in [-0.4, -0.2) is 49.2 Å². The van der Waals surface area contributed by atoms with Crippen LogP contribution in [0, 0.1) is 0 Å². The topological polar surface area (TPSA) is 56.9 Å². The van der Waals surface area contributed by atoms with Gasteiger partial charge in [-0.3, -0.25) is 4.99 Å². The highest BCUT2D eigenvalue weighted by Gasteiger charge is 2.20. The number of aliphatic imine (C=N–C) groups is 1. The minimum Gasteiger partial charge on any atom is -0.368 e. The molecule has 142 valence electrons. The summed E-state index contributed by atoms with van der Waals surface area (Å²) in [7, 11) is 1.83. The van der Waals surface area contributed by atoms with Crippen molar-refractivity contribution in [2.75, 3.05) is 38.1 Å². The molecular formula is C19H28IN5O. The van der Waals surface area contributed by atoms with Crippen molar-refractivity contribution in [3.63, 3.8) is 0 Å². The number of para-hydroxylation sites is 1. The monoisotopic (exact) mass is 469 g/mol. The van der Waals surface area contributed by atoms with E-state index in [4.69, 9.17) is 4.52 Å². The molecule has 1 fully saturated rings. The third-order valence-electron chi connectivity index (χ3n) is 4.50. The van der Waals surface area contributed by atoms with E-state index in [9.17, 15) is 0 Å². The summed E-state index contributed by atoms with van der Waals surface area (Å²) in [6.07, 6.45) is 0. The van der Waals surface area contributed by atoms with E-state index in [2.05, 4.69) is 69.4 Å². The minimum absolute atomic E-state index is 0. The fraction of sp³-hybridized carbons (Fsp3) is 0.474. The fourth-order valence-corrected chi connectivity index (χ4v) is 3.00. The summed E-state index contributed by atoms with van der Waals surface area (Å²) in [6, 6.07) is 12.6. The minimum atomic E-state index is 0. The lowest BCUT2D eigenvalue weighted by atomic mass is 10.1. The van der Waals surface area contributed by atoms with Crippen LogP contribution in [0.4, 0.5) is 5.69 Å². The number of hydrogen-bond donors (Lipinski definition) is 1. The lowest BCUT2D eigenvalue weighted by Gasteiger charge is -2.37. The second-order valence-electron chi connectivity index (χ2n) is 6.58. The first kappa shape index (κ1) is 20.5. The van der Waals surface area contributed by atoms with Gasteiger partial charge in [-0.25, -0.2) is 0 Å². The van der Waals surface area contributed by atoms with Gasteiger partial charge in [-0.15, -0.1) is 24.0 Å². The molecule has 0 bridgehead atoms. The maximum atomic E-state index is 5.39. The van der Waals surface area contributed by atoms with E-state index >= 15 is 0 Å². The molecule has 1 N–H and O–H groups in total. The number of aromatic nitrogens is 1. The second kappa shape index (κ2) is 9.80. The fourth-order valence-electron chi connectivity index (χ4n) is 3.00. The molecule has 1 saturated heterocycles. The zero-order valence-electron chi connectivity index (χ0n) is 15.7. The van der Waals surface area contributed by atoms with Crippen molar-refractivity contribution >= 4 is 35.6 Å². The molecule has 0 atom stereocenters. The summed E-state index contributed by atoms with van der Waals surface area (Å²) in [6.45, 7) is 8.70. The quantitative estimate of drug-likeness (QED) is 0.423. The van der Waals surface area contributed by atoms with Crippen LogP contribution in [0.5, 0.6) is 0 Å². The number of halogens is 1. The highest BCUT2D eigenvalue weighted by atomic mass is 127. The lowest BCUT2D eigenvalue weighted by molar-refractivity contribution is 0.355. The lowest BCUT2D eigenvalue weighted by Crippen LogP contribution is -2.52. The first-order valence-electron chi connectivity index (χ1n) is 8.88. The zero-order valence-corrected chi connectivity index (χ0v) is 18.0. The predicted molar refractivity (Wildman–Crippen MR) is 116 cm³/mol. The van der Waals surface area contributed by atoms with Gasteiger partial charge in [0.05, 0.1) is 12.2 Å². The molecule has 0 aliphatic carbocycles. The van der Waals surface area contributed by atoms with Crippen LogP contribution in [0.2, 0.25) is 0 Å². The third kappa shape index (κ3) is 5.12. The Kier molecular flexibility index (Phi) is 7.74. The van der Waals surface area contributed by atoms with Crippen molar-refractivity contribution < 1.29 is 4.52 Å². The Hall–Kier alpha value is -1.77. The van der Waals surface area contributed by atoms with Crippen molar-refractivity contribution in [2.45, 2.75) is 26.3 Å². The SMILES string of the molecule is CN=C(NCc1cc(C(C)C)no1)N1CCN(c2ccccc2)CC1.I. The van der Waals surface area contributed by atoms with Gasteiger partial charge in [0.25, 0.3) is 0 Å². The third-order valence-corrected chi connectivity index (χ3v) is 4.50. The Bertz CT molecular complexity index is 693. The number of guanidine groups is 1. The van der Waals surface area contributed by atoms with Crippen LogP contribution in [-0.2, 0) is 6.54 Å². The Morgan fingerprint density at radius 2 is 1.88 bits per heavy atom. The van der Waals surface area contributed by atoms with Gasteiger partial charge in [-0.2, -0.15) is 0 Å². The maximum Gasteiger partial charge on any atom is 0.194 e. The van der Waals surface area contributed by atoms with Crippen LogP contribution in [0.25, 0.3) is 0 Å². The standard InChI is InChI=1S/C19H27N5O.HI/c1-15(2)18-13-17(25-22-18)14-21-19(20-3)24-11-9-23(10-12-24)16-7-5-4-6-8-16;/h4-8,13,15H,9-12,14H2,1-3H3,(H,20,21);1H. The molecule has 0 saturated carbocycles. The molecule has 1 aromatic carbocycles. The van der Waals surface area contributed by atoms with Crippen LogP contribution in [0.15, 0.2) is 45.9 Å². The molecule has 2 aromatic rings. The average Bonchev–Trinajstić information content (AvgIpc) is 3.13. The van der Waals surface area contributed by atoms with E-state index in [0.717, 1.165) is 43.6 Å². The Morgan fingerprint density at radius 3 is 2.46 bits per heavy atom. The van der Waals surface area contributed by atoms with E-state index in [-0.39, 0.29) is 24.0 Å². The predicted octanol–water partition coefficient (Wildman–Crippen LogP) is 3.31. The molecule has 6 nitrogen and oxygen atoms in total. The highest BCUT2D eigenvalue weighted by Crippen LogP contribution is 2.16. The van der Waals surface area contributed by atoms with Gasteiger partial charge < -0.3 is 19.6 Å². The molecule has 1 aliphatic heterocycles. The molecular weight excluding hydrogens is 441 g/mol. The van der Waals surface area contributed by atoms with Crippen molar-refractivity contribution in [1.82, 2.24) is 15.4 Å². The Labute approximate surface area is 172 Å². The molecule has 0 radical (unpaired) electrons. The van der Waals surface area contributed by atoms with E-state index in [1.54, 1.807) is 0 Å². The van der Waals surface area contributed by atoms with E-state index < -0.39 is 0 Å². The summed E-state index contributed by atoms with van der Waals surface area (Å²) in [4.78, 5) is 9.12. The number of anilines is 1. The second-order valence-corrected chi connectivity index (χ2v) is 6.58. The number of nitrogens with one attached hydrogen (secondary N) is 1. The van der Waals surface area contributed by atoms with E-state index in [1.165, 1.54) is 5.69 Å². The molecule has 26 heavy (non-hydrogen) atoms. The molecule has 2 heterocycles. The summed E-state index contributed by atoms with van der Waals surface area (Å²) in [5, 5.41) is 7.49. The summed E-state index contributed by atoms with van der Waals surface area (Å²) < 4.78 is 5.39. The molecule has 0 unspecified atom stereocenters. The van der Waals surface area contributed by atoms with Gasteiger partial charge >= 0.3 is 0 Å². The van der Waals surface area contributed by atoms with Crippen LogP contribution in [0.3, 0.4) is 0 Å². The molecule has 1 aliphatic rings. The van der Waals surface area contributed by atoms with Gasteiger partial charge in [0.1, 0.15) is 0 Å². The Balaban J connectivity index is 0.00000243. The van der Waals surface area contributed by atoms with Gasteiger partial charge in [-0.05, 0) is 18.1 Å². The average molecular weight is 469 g/mol. The number of hydrogen-bond acceptors (Lipinski definition) is 4. The van der Waals surface area contributed by atoms with Gasteiger partial charge in [0, 0.05) is 45.0 Å². The first-order chi connectivity index (χ1) is 12.2.